The van der Waals surface area contributed by atoms with Crippen molar-refractivity contribution in [3.8, 4) is 16.9 Å². The van der Waals surface area contributed by atoms with Gasteiger partial charge in [0.25, 0.3) is 0 Å². The van der Waals surface area contributed by atoms with Crippen LogP contribution in [0.3, 0.4) is 0 Å². The Balaban J connectivity index is 1.58. The zero-order chi connectivity index (χ0) is 21.3. The Morgan fingerprint density at radius 3 is 2.83 bits per heavy atom. The van der Waals surface area contributed by atoms with Crippen molar-refractivity contribution in [1.29, 1.82) is 0 Å². The molecule has 1 aromatic carbocycles. The van der Waals surface area contributed by atoms with Crippen LogP contribution in [0.1, 0.15) is 37.5 Å². The predicted molar refractivity (Wildman–Crippen MR) is 114 cm³/mol. The molecule has 2 aromatic heterocycles. The van der Waals surface area contributed by atoms with E-state index in [0.29, 0.717) is 22.4 Å². The van der Waals surface area contributed by atoms with Gasteiger partial charge in [0, 0.05) is 22.3 Å². The van der Waals surface area contributed by atoms with Crippen LogP contribution in [-0.4, -0.2) is 23.2 Å². The Bertz CT molecular complexity index is 1050. The first-order valence-electron chi connectivity index (χ1n) is 9.91. The van der Waals surface area contributed by atoms with Crippen molar-refractivity contribution in [3.05, 3.63) is 58.2 Å². The second-order valence-electron chi connectivity index (χ2n) is 7.49. The van der Waals surface area contributed by atoms with Crippen LogP contribution in [-0.2, 0) is 0 Å². The molecule has 6 nitrogen and oxygen atoms in total. The third kappa shape index (κ3) is 4.24. The highest BCUT2D eigenvalue weighted by molar-refractivity contribution is 6.36. The Labute approximate surface area is 184 Å². The average molecular weight is 452 g/mol. The number of piperidine rings is 1. The third-order valence-corrected chi connectivity index (χ3v) is 6.17. The minimum atomic E-state index is -0.616. The zero-order valence-electron chi connectivity index (χ0n) is 16.5. The summed E-state index contributed by atoms with van der Waals surface area (Å²) < 4.78 is 22.0. The van der Waals surface area contributed by atoms with E-state index in [1.54, 1.807) is 13.1 Å². The lowest BCUT2D eigenvalue weighted by molar-refractivity contribution is -0.795. The molecule has 0 unspecified atom stereocenters. The quantitative estimate of drug-likeness (QED) is 0.410. The average Bonchev–Trinajstić information content (AvgIpc) is 3.24. The Kier molecular flexibility index (Phi) is 6.13. The van der Waals surface area contributed by atoms with Crippen LogP contribution in [0.5, 0.6) is 5.75 Å². The van der Waals surface area contributed by atoms with Crippen LogP contribution in [0.15, 0.2) is 36.8 Å². The third-order valence-electron chi connectivity index (χ3n) is 5.45. The van der Waals surface area contributed by atoms with E-state index in [-0.39, 0.29) is 10.8 Å². The number of quaternary nitrogens is 1. The van der Waals surface area contributed by atoms with Crippen molar-refractivity contribution in [2.24, 2.45) is 0 Å². The maximum Gasteiger partial charge on any atom is 0.203 e. The predicted octanol–water partition coefficient (Wildman–Crippen LogP) is 3.43. The standard InChI is InChI=1S/C21H22Cl2FN5O/c1-12(19-16(22)2-3-17(24)20(19)23)30-18-8-13(9-27-21(18)25)14-10-28-29(11-14)15-4-6-26-7-5-15/h2-3,8-12,15,26H,4-7H2,1H3,(H2,25,27)/p+2/t12-/m1/s1. The van der Waals surface area contributed by atoms with E-state index in [2.05, 4.69) is 26.3 Å². The van der Waals surface area contributed by atoms with Gasteiger partial charge in [0.2, 0.25) is 6.20 Å². The number of aromatic nitrogens is 3. The van der Waals surface area contributed by atoms with Crippen LogP contribution in [0.25, 0.3) is 11.1 Å². The van der Waals surface area contributed by atoms with Crippen molar-refractivity contribution in [3.63, 3.8) is 0 Å². The number of anilines is 1. The second-order valence-corrected chi connectivity index (χ2v) is 8.27. The Morgan fingerprint density at radius 2 is 2.07 bits per heavy atom. The van der Waals surface area contributed by atoms with Gasteiger partial charge in [-0.15, -0.1) is 4.68 Å². The van der Waals surface area contributed by atoms with Gasteiger partial charge >= 0.3 is 0 Å². The Hall–Kier alpha value is -2.35. The van der Waals surface area contributed by atoms with Gasteiger partial charge in [0.05, 0.1) is 42.7 Å². The number of rotatable bonds is 5. The molecule has 0 saturated carbocycles. The molecule has 0 radical (unpaired) electrons. The van der Waals surface area contributed by atoms with Crippen LogP contribution in [0.2, 0.25) is 10.0 Å². The number of halogens is 3. The summed E-state index contributed by atoms with van der Waals surface area (Å²) in [6.45, 7) is 4.01. The van der Waals surface area contributed by atoms with Gasteiger partial charge in [0.15, 0.2) is 17.6 Å². The minimum Gasteiger partial charge on any atom is -0.482 e. The van der Waals surface area contributed by atoms with Gasteiger partial charge in [-0.05, 0) is 25.1 Å². The molecule has 0 aliphatic carbocycles. The molecule has 0 bridgehead atoms. The van der Waals surface area contributed by atoms with Crippen molar-refractivity contribution in [1.82, 2.24) is 10.1 Å². The van der Waals surface area contributed by atoms with Crippen LogP contribution < -0.4 is 20.5 Å². The molecule has 1 atom stereocenters. The molecule has 3 heterocycles. The molecule has 1 aliphatic heterocycles. The fourth-order valence-corrected chi connectivity index (χ4v) is 4.47. The van der Waals surface area contributed by atoms with Crippen molar-refractivity contribution < 1.29 is 19.1 Å². The van der Waals surface area contributed by atoms with E-state index in [4.69, 9.17) is 33.7 Å². The first-order valence-corrected chi connectivity index (χ1v) is 10.7. The maximum absolute atomic E-state index is 13.9. The lowest BCUT2D eigenvalue weighted by Gasteiger charge is -2.19. The number of nitrogens with two attached hydrogens (primary N) is 2. The second kappa shape index (κ2) is 8.79. The number of hydrogen-bond donors (Lipinski definition) is 3. The molecule has 158 valence electrons. The van der Waals surface area contributed by atoms with Gasteiger partial charge in [-0.1, -0.05) is 23.2 Å². The number of H-pyrrole nitrogens is 1. The summed E-state index contributed by atoms with van der Waals surface area (Å²) in [5.74, 6) is 0.0699. The fourth-order valence-electron chi connectivity index (χ4n) is 3.80. The van der Waals surface area contributed by atoms with Gasteiger partial charge in [-0.25, -0.2) is 9.37 Å². The van der Waals surface area contributed by atoms with Crippen LogP contribution in [0, 0.1) is 5.82 Å². The maximum atomic E-state index is 13.9. The number of nitrogens with zero attached hydrogens (tertiary/aromatic N) is 2. The molecular formula is C21H24Cl2FN5O+2. The first kappa shape index (κ1) is 20.9. The molecule has 0 spiro atoms. The van der Waals surface area contributed by atoms with Crippen LogP contribution >= 0.6 is 23.2 Å². The normalized spacial score (nSPS) is 15.9. The zero-order valence-corrected chi connectivity index (χ0v) is 18.1. The molecule has 5 N–H and O–H groups in total. The number of ether oxygens (including phenoxy) is 1. The largest absolute Gasteiger partial charge is 0.482 e. The fraction of sp³-hybridized carbons (Fsp3) is 0.333. The van der Waals surface area contributed by atoms with E-state index >= 15 is 0 Å². The topological polar surface area (TPSA) is 84.4 Å². The summed E-state index contributed by atoms with van der Waals surface area (Å²) in [5.41, 5.74) is 8.25. The summed E-state index contributed by atoms with van der Waals surface area (Å²) in [7, 11) is 0. The molecule has 3 aromatic rings. The highest BCUT2D eigenvalue weighted by Crippen LogP contribution is 2.36. The number of benzene rings is 1. The monoisotopic (exact) mass is 451 g/mol. The van der Waals surface area contributed by atoms with Gasteiger partial charge in [-0.2, -0.15) is 5.10 Å². The highest BCUT2D eigenvalue weighted by Gasteiger charge is 2.26. The van der Waals surface area contributed by atoms with E-state index < -0.39 is 11.9 Å². The van der Waals surface area contributed by atoms with E-state index in [1.807, 2.05) is 12.3 Å². The SMILES string of the molecule is C[C@@H](Oc1cc(-c2c[nH][n+](C3CC[NH2+]CC3)c2)cnc1N)c1c(Cl)ccc(F)c1Cl. The van der Waals surface area contributed by atoms with Gasteiger partial charge in [-0.3, -0.25) is 0 Å². The number of nitrogens with one attached hydrogen (secondary N) is 1. The lowest BCUT2D eigenvalue weighted by atomic mass is 10.1. The van der Waals surface area contributed by atoms with Gasteiger partial charge in [0.1, 0.15) is 11.9 Å². The van der Waals surface area contributed by atoms with E-state index in [1.165, 1.54) is 12.1 Å². The molecule has 0 amide bonds. The smallest absolute Gasteiger partial charge is 0.203 e. The van der Waals surface area contributed by atoms with Gasteiger partial charge < -0.3 is 15.8 Å². The first-order chi connectivity index (χ1) is 14.4. The molecule has 1 aliphatic rings. The summed E-state index contributed by atoms with van der Waals surface area (Å²) in [4.78, 5) is 4.27. The molecule has 1 saturated heterocycles. The van der Waals surface area contributed by atoms with Crippen molar-refractivity contribution in [2.45, 2.75) is 31.9 Å². The molecular weight excluding hydrogens is 428 g/mol. The number of hydrogen-bond acceptors (Lipinski definition) is 3. The molecule has 9 heteroatoms. The molecule has 4 rings (SSSR count). The summed E-state index contributed by atoms with van der Waals surface area (Å²) in [5, 5.41) is 5.93. The van der Waals surface area contributed by atoms with Crippen LogP contribution in [0.4, 0.5) is 10.2 Å². The summed E-state index contributed by atoms with van der Waals surface area (Å²) >= 11 is 12.3. The summed E-state index contributed by atoms with van der Waals surface area (Å²) in [6.07, 6.45) is 7.37. The highest BCUT2D eigenvalue weighted by atomic mass is 35.5. The molecule has 1 fully saturated rings. The summed E-state index contributed by atoms with van der Waals surface area (Å²) in [6, 6.07) is 4.97. The minimum absolute atomic E-state index is 0.0610. The van der Waals surface area contributed by atoms with Crippen molar-refractivity contribution in [2.75, 3.05) is 18.8 Å². The number of aromatic amines is 1. The number of pyridine rings is 1. The van der Waals surface area contributed by atoms with E-state index in [0.717, 1.165) is 37.1 Å². The van der Waals surface area contributed by atoms with Crippen molar-refractivity contribution >= 4 is 29.0 Å². The van der Waals surface area contributed by atoms with E-state index in [9.17, 15) is 4.39 Å². The lowest BCUT2D eigenvalue weighted by Crippen LogP contribution is -2.87. The number of nitrogen functional groups attached to an aromatic ring is 1. The molecule has 30 heavy (non-hydrogen) atoms. The Morgan fingerprint density at radius 1 is 1.30 bits per heavy atom.